The fourth-order valence-electron chi connectivity index (χ4n) is 3.59. The van der Waals surface area contributed by atoms with Crippen molar-refractivity contribution < 1.29 is 9.32 Å². The van der Waals surface area contributed by atoms with Crippen molar-refractivity contribution >= 4 is 18.0 Å². The van der Waals surface area contributed by atoms with Gasteiger partial charge in [-0.1, -0.05) is 39.3 Å². The molecule has 6 nitrogen and oxygen atoms in total. The minimum atomic E-state index is -0.113. The molecule has 2 aliphatic heterocycles. The summed E-state index contributed by atoms with van der Waals surface area (Å²) in [6, 6.07) is 2.45. The Hall–Kier alpha value is -1.05. The Labute approximate surface area is 175 Å². The molecule has 3 unspecified atom stereocenters. The Morgan fingerprint density at radius 3 is 2.68 bits per heavy atom. The van der Waals surface area contributed by atoms with Gasteiger partial charge in [-0.15, -0.1) is 0 Å². The molecule has 7 heteroatoms. The van der Waals surface area contributed by atoms with E-state index < -0.39 is 0 Å². The van der Waals surface area contributed by atoms with Crippen LogP contribution in [0.2, 0.25) is 0 Å². The molecular weight excluding hydrogens is 372 g/mol. The van der Waals surface area contributed by atoms with Crippen LogP contribution in [0.15, 0.2) is 10.6 Å². The summed E-state index contributed by atoms with van der Waals surface area (Å²) in [5.41, 5.74) is 0.401. The molecule has 28 heavy (non-hydrogen) atoms. The molecule has 0 spiro atoms. The highest BCUT2D eigenvalue weighted by Gasteiger charge is 2.29. The minimum absolute atomic E-state index is 0.113. The Balaban J connectivity index is 0.00000136. The smallest absolute Gasteiger partial charge is 0.273 e. The van der Waals surface area contributed by atoms with E-state index in [-0.39, 0.29) is 11.9 Å². The average molecular weight is 411 g/mol. The largest absolute Gasteiger partial charge is 0.360 e. The van der Waals surface area contributed by atoms with Crippen LogP contribution in [-0.4, -0.2) is 51.4 Å². The second kappa shape index (κ2) is 11.8. The second-order valence-electron chi connectivity index (χ2n) is 7.68. The van der Waals surface area contributed by atoms with E-state index in [4.69, 9.17) is 4.52 Å². The van der Waals surface area contributed by atoms with E-state index in [0.29, 0.717) is 17.7 Å². The fourth-order valence-corrected chi connectivity index (χ4v) is 4.74. The molecule has 2 fully saturated rings. The van der Waals surface area contributed by atoms with Crippen molar-refractivity contribution in [1.82, 2.24) is 19.1 Å². The van der Waals surface area contributed by atoms with Crippen molar-refractivity contribution in [3.05, 3.63) is 17.5 Å². The van der Waals surface area contributed by atoms with Gasteiger partial charge in [0.05, 0.1) is 0 Å². The molecule has 2 saturated heterocycles. The molecule has 0 saturated carbocycles. The number of nitrogens with zero attached hydrogens (tertiary/aromatic N) is 3. The van der Waals surface area contributed by atoms with Crippen molar-refractivity contribution in [2.24, 2.45) is 0 Å². The maximum Gasteiger partial charge on any atom is 0.273 e. The fraction of sp³-hybridized carbons (Fsp3) is 0.810. The zero-order chi connectivity index (χ0) is 20.5. The number of carbonyl (C=O) groups is 1. The van der Waals surface area contributed by atoms with Crippen LogP contribution in [0.25, 0.3) is 0 Å². The first-order valence-corrected chi connectivity index (χ1v) is 11.8. The van der Waals surface area contributed by atoms with Crippen molar-refractivity contribution in [3.8, 4) is 0 Å². The Kier molecular flexibility index (Phi) is 9.82. The lowest BCUT2D eigenvalue weighted by Gasteiger charge is -2.39. The summed E-state index contributed by atoms with van der Waals surface area (Å²) in [6.07, 6.45) is 6.91. The third-order valence-electron chi connectivity index (χ3n) is 5.54. The summed E-state index contributed by atoms with van der Waals surface area (Å²) < 4.78 is 10.3. The van der Waals surface area contributed by atoms with Gasteiger partial charge in [0.1, 0.15) is 5.76 Å². The van der Waals surface area contributed by atoms with Gasteiger partial charge in [-0.05, 0) is 39.0 Å². The van der Waals surface area contributed by atoms with Crippen molar-refractivity contribution in [2.75, 3.05) is 19.6 Å². The van der Waals surface area contributed by atoms with E-state index in [0.717, 1.165) is 31.6 Å². The molecule has 3 atom stereocenters. The van der Waals surface area contributed by atoms with Crippen LogP contribution >= 0.6 is 12.1 Å². The molecule has 1 aromatic heterocycles. The van der Waals surface area contributed by atoms with E-state index in [2.05, 4.69) is 39.9 Å². The Morgan fingerprint density at radius 1 is 1.32 bits per heavy atom. The average Bonchev–Trinajstić information content (AvgIpc) is 3.22. The monoisotopic (exact) mass is 410 g/mol. The molecular formula is C21H38N4O2S. The van der Waals surface area contributed by atoms with Crippen LogP contribution in [0.3, 0.4) is 0 Å². The highest BCUT2D eigenvalue weighted by atomic mass is 32.2. The molecule has 0 radical (unpaired) electrons. The summed E-state index contributed by atoms with van der Waals surface area (Å²) >= 11 is 1.90. The van der Waals surface area contributed by atoms with Gasteiger partial charge >= 0.3 is 0 Å². The van der Waals surface area contributed by atoms with Crippen LogP contribution in [0.1, 0.15) is 95.3 Å². The molecule has 1 aromatic rings. The first-order chi connectivity index (χ1) is 13.6. The minimum Gasteiger partial charge on any atom is -0.360 e. The van der Waals surface area contributed by atoms with E-state index in [9.17, 15) is 4.79 Å². The molecule has 2 aliphatic rings. The van der Waals surface area contributed by atoms with Crippen molar-refractivity contribution in [3.63, 3.8) is 0 Å². The lowest BCUT2D eigenvalue weighted by molar-refractivity contribution is 0.0906. The zero-order valence-corrected chi connectivity index (χ0v) is 19.1. The standard InChI is InChI=1S/C19H32N4O2S.C2H6/c1-4-14(2)18-13-17(21-25-18)19(24)20-16-8-11-23(15(3)12-16)26-22-9-6-5-7-10-22;1-2/h13-16H,4-12H2,1-3H3,(H,20,24);1-2H3. The number of hydrogen-bond donors (Lipinski definition) is 1. The SMILES string of the molecule is CC.CCC(C)c1cc(C(=O)NC2CCN(SN3CCCCC3)C(C)C2)no1. The van der Waals surface area contributed by atoms with E-state index in [1.807, 2.05) is 26.0 Å². The van der Waals surface area contributed by atoms with Gasteiger partial charge in [-0.3, -0.25) is 4.79 Å². The molecule has 3 heterocycles. The third-order valence-corrected chi connectivity index (χ3v) is 6.89. The van der Waals surface area contributed by atoms with Crippen LogP contribution < -0.4 is 5.32 Å². The summed E-state index contributed by atoms with van der Waals surface area (Å²) in [6.45, 7) is 13.8. The van der Waals surface area contributed by atoms with Gasteiger partial charge in [0.25, 0.3) is 5.91 Å². The van der Waals surface area contributed by atoms with E-state index in [1.165, 1.54) is 32.4 Å². The number of piperidine rings is 2. The van der Waals surface area contributed by atoms with Crippen molar-refractivity contribution in [1.29, 1.82) is 0 Å². The van der Waals surface area contributed by atoms with E-state index in [1.54, 1.807) is 6.07 Å². The summed E-state index contributed by atoms with van der Waals surface area (Å²) in [5.74, 6) is 0.968. The number of amides is 1. The first kappa shape index (κ1) is 23.2. The van der Waals surface area contributed by atoms with Crippen LogP contribution in [-0.2, 0) is 0 Å². The highest BCUT2D eigenvalue weighted by Crippen LogP contribution is 2.29. The number of carbonyl (C=O) groups excluding carboxylic acids is 1. The first-order valence-electron chi connectivity index (χ1n) is 11.0. The molecule has 0 aliphatic carbocycles. The maximum absolute atomic E-state index is 12.5. The van der Waals surface area contributed by atoms with Gasteiger partial charge in [-0.25, -0.2) is 8.61 Å². The molecule has 3 rings (SSSR count). The van der Waals surface area contributed by atoms with Crippen molar-refractivity contribution in [2.45, 2.75) is 91.1 Å². The third kappa shape index (κ3) is 6.49. The molecule has 1 amide bonds. The lowest BCUT2D eigenvalue weighted by atomic mass is 10.0. The highest BCUT2D eigenvalue weighted by molar-refractivity contribution is 7.94. The number of rotatable bonds is 6. The van der Waals surface area contributed by atoms with Gasteiger partial charge in [0, 0.05) is 55.8 Å². The summed E-state index contributed by atoms with van der Waals surface area (Å²) in [4.78, 5) is 12.5. The molecule has 1 N–H and O–H groups in total. The number of nitrogens with one attached hydrogen (secondary N) is 1. The van der Waals surface area contributed by atoms with Gasteiger partial charge in [0.2, 0.25) is 0 Å². The summed E-state index contributed by atoms with van der Waals surface area (Å²) in [5, 5.41) is 7.10. The van der Waals surface area contributed by atoms with Gasteiger partial charge < -0.3 is 9.84 Å². The number of hydrogen-bond acceptors (Lipinski definition) is 6. The zero-order valence-electron chi connectivity index (χ0n) is 18.2. The quantitative estimate of drug-likeness (QED) is 0.677. The topological polar surface area (TPSA) is 61.6 Å². The normalized spacial score (nSPS) is 24.9. The second-order valence-corrected chi connectivity index (χ2v) is 8.83. The molecule has 0 aromatic carbocycles. The summed E-state index contributed by atoms with van der Waals surface area (Å²) in [7, 11) is 0. The van der Waals surface area contributed by atoms with Crippen LogP contribution in [0.4, 0.5) is 0 Å². The predicted molar refractivity (Wildman–Crippen MR) is 116 cm³/mol. The lowest BCUT2D eigenvalue weighted by Crippen LogP contribution is -2.47. The Bertz CT molecular complexity index is 589. The maximum atomic E-state index is 12.5. The Morgan fingerprint density at radius 2 is 2.04 bits per heavy atom. The van der Waals surface area contributed by atoms with Crippen LogP contribution in [0.5, 0.6) is 0 Å². The molecule has 0 bridgehead atoms. The molecule has 160 valence electrons. The van der Waals surface area contributed by atoms with Gasteiger partial charge in [0.15, 0.2) is 5.69 Å². The van der Waals surface area contributed by atoms with Gasteiger partial charge in [-0.2, -0.15) is 0 Å². The predicted octanol–water partition coefficient (Wildman–Crippen LogP) is 4.85. The number of aromatic nitrogens is 1. The van der Waals surface area contributed by atoms with E-state index >= 15 is 0 Å². The van der Waals surface area contributed by atoms with Crippen LogP contribution in [0, 0.1) is 0 Å².